The quantitative estimate of drug-likeness (QED) is 0.0629. The molecule has 7 N–H and O–H groups in total. The maximum atomic E-state index is 13.8. The number of nitrogens with one attached hydrogen (secondary N) is 5. The van der Waals surface area contributed by atoms with Gasteiger partial charge in [0.2, 0.25) is 23.6 Å². The number of carbonyl (C=O) groups excluding carboxylic acids is 6. The molecule has 0 aromatic heterocycles. The molecule has 2 rings (SSSR count). The highest BCUT2D eigenvalue weighted by atomic mass is 19.4. The van der Waals surface area contributed by atoms with Crippen LogP contribution in [0.3, 0.4) is 0 Å². The van der Waals surface area contributed by atoms with E-state index in [1.165, 1.54) is 6.92 Å². The second-order valence-electron chi connectivity index (χ2n) is 16.6. The van der Waals surface area contributed by atoms with Crippen LogP contribution in [0, 0.1) is 5.92 Å². The van der Waals surface area contributed by atoms with Crippen molar-refractivity contribution in [2.75, 3.05) is 33.4 Å². The van der Waals surface area contributed by atoms with Crippen LogP contribution in [0.15, 0.2) is 54.6 Å². The number of nitrogens with zero attached hydrogens (tertiary/aromatic N) is 1. The van der Waals surface area contributed by atoms with Crippen molar-refractivity contribution in [3.05, 3.63) is 71.3 Å². The van der Waals surface area contributed by atoms with Gasteiger partial charge < -0.3 is 46.4 Å². The zero-order valence-corrected chi connectivity index (χ0v) is 38.3. The number of carbonyl (C=O) groups is 7. The number of ether oxygens (including phenoxy) is 1. The molecule has 0 aliphatic rings. The van der Waals surface area contributed by atoms with Crippen molar-refractivity contribution in [1.29, 1.82) is 0 Å². The number of alkyl halides is 3. The number of benzene rings is 2. The van der Waals surface area contributed by atoms with Crippen molar-refractivity contribution in [2.45, 2.75) is 129 Å². The fourth-order valence-corrected chi connectivity index (χ4v) is 6.16. The van der Waals surface area contributed by atoms with Gasteiger partial charge in [-0.15, -0.1) is 0 Å². The minimum atomic E-state index is -5.08. The average molecular weight is 909 g/mol. The molecule has 0 spiro atoms. The van der Waals surface area contributed by atoms with Crippen LogP contribution in [0.5, 0.6) is 0 Å². The Bertz CT molecular complexity index is 1800. The lowest BCUT2D eigenvalue weighted by Crippen LogP contribution is -2.59. The first-order valence-electron chi connectivity index (χ1n) is 21.3. The van der Waals surface area contributed by atoms with Gasteiger partial charge in [-0.3, -0.25) is 24.0 Å². The third-order valence-electron chi connectivity index (χ3n) is 9.98. The number of hydrogen-bond donors (Lipinski definition) is 7. The molecule has 0 aliphatic carbocycles. The summed E-state index contributed by atoms with van der Waals surface area (Å²) in [5.74, 6) is -6.61. The highest BCUT2D eigenvalue weighted by Crippen LogP contribution is 2.22. The second-order valence-corrected chi connectivity index (χ2v) is 16.6. The van der Waals surface area contributed by atoms with Crippen molar-refractivity contribution in [1.82, 2.24) is 31.5 Å². The van der Waals surface area contributed by atoms with E-state index >= 15 is 0 Å². The summed E-state index contributed by atoms with van der Waals surface area (Å²) in [6.07, 6.45) is -3.14. The summed E-state index contributed by atoms with van der Waals surface area (Å²) < 4.78 is 36.4. The molecule has 5 atom stereocenters. The molecule has 0 fully saturated rings. The lowest BCUT2D eigenvalue weighted by atomic mass is 9.86. The van der Waals surface area contributed by atoms with Crippen molar-refractivity contribution in [3.63, 3.8) is 0 Å². The minimum absolute atomic E-state index is 0.0479. The molecule has 2 aromatic carbocycles. The maximum absolute atomic E-state index is 13.8. The van der Waals surface area contributed by atoms with Crippen molar-refractivity contribution in [2.24, 2.45) is 5.92 Å². The number of hydrogen-bond acceptors (Lipinski definition) is 10. The van der Waals surface area contributed by atoms with Gasteiger partial charge in [0.15, 0.2) is 6.04 Å². The maximum Gasteiger partial charge on any atom is 0.490 e. The van der Waals surface area contributed by atoms with E-state index in [1.807, 2.05) is 56.3 Å². The largest absolute Gasteiger partial charge is 0.490 e. The van der Waals surface area contributed by atoms with Crippen LogP contribution in [-0.4, -0.2) is 126 Å². The fraction of sp³-hybridized carbons (Fsp3) is 0.578. The molecule has 16 nitrogen and oxygen atoms in total. The van der Waals surface area contributed by atoms with Crippen LogP contribution in [0.4, 0.5) is 13.2 Å². The van der Waals surface area contributed by atoms with Crippen LogP contribution >= 0.6 is 0 Å². The van der Waals surface area contributed by atoms with E-state index in [2.05, 4.69) is 70.8 Å². The number of carboxylic acid groups (broad SMARTS) is 1. The van der Waals surface area contributed by atoms with E-state index < -0.39 is 84.5 Å². The minimum Gasteiger partial charge on any atom is -0.475 e. The molecule has 64 heavy (non-hydrogen) atoms. The third-order valence-corrected chi connectivity index (χ3v) is 9.98. The summed E-state index contributed by atoms with van der Waals surface area (Å²) in [7, 11) is 1.14. The van der Waals surface area contributed by atoms with Gasteiger partial charge in [-0.25, -0.2) is 9.59 Å². The predicted octanol–water partition coefficient (Wildman–Crippen LogP) is 3.64. The van der Waals surface area contributed by atoms with Gasteiger partial charge in [0.05, 0.1) is 13.7 Å². The number of amides is 5. The number of esters is 1. The van der Waals surface area contributed by atoms with Crippen LogP contribution in [-0.2, 0) is 45.3 Å². The average Bonchev–Trinajstić information content (AvgIpc) is 3.23. The van der Waals surface area contributed by atoms with Gasteiger partial charge in [0, 0.05) is 12.0 Å². The SMILES string of the molecule is CCN(CC)CCCCC(NC(=O)C(CC(C)C)NC(=O)C(C)NC(=O)C(Cc1ccccc1)NC(=O)c1ccc(C(C)(C)C)cc1)C(=O)NC(CO)C(=O)OC.O=C(O)C(F)(F)F. The Kier molecular flexibility index (Phi) is 24.3. The topological polar surface area (TPSA) is 233 Å². The van der Waals surface area contributed by atoms with E-state index in [0.29, 0.717) is 12.0 Å². The molecule has 0 bridgehead atoms. The Morgan fingerprint density at radius 3 is 1.70 bits per heavy atom. The molecule has 5 unspecified atom stereocenters. The Morgan fingerprint density at radius 2 is 1.22 bits per heavy atom. The lowest BCUT2D eigenvalue weighted by Gasteiger charge is -2.27. The van der Waals surface area contributed by atoms with Crippen LogP contribution in [0.25, 0.3) is 0 Å². The highest BCUT2D eigenvalue weighted by molar-refractivity contribution is 5.99. The number of rotatable bonds is 23. The van der Waals surface area contributed by atoms with Crippen LogP contribution in [0.1, 0.15) is 103 Å². The number of aliphatic hydroxyl groups excluding tert-OH is 1. The number of aliphatic carboxylic acids is 1. The summed E-state index contributed by atoms with van der Waals surface area (Å²) in [6.45, 7) is 17.4. The molecule has 5 amide bonds. The Balaban J connectivity index is 0.00000269. The van der Waals surface area contributed by atoms with E-state index in [1.54, 1.807) is 12.1 Å². The Hall–Kier alpha value is -5.56. The molecule has 0 saturated heterocycles. The summed E-state index contributed by atoms with van der Waals surface area (Å²) >= 11 is 0. The number of carboxylic acids is 1. The molecular formula is C45H67F3N6O10. The van der Waals surface area contributed by atoms with E-state index in [0.717, 1.165) is 44.3 Å². The second kappa shape index (κ2) is 27.6. The Morgan fingerprint density at radius 1 is 0.703 bits per heavy atom. The van der Waals surface area contributed by atoms with Crippen LogP contribution < -0.4 is 26.6 Å². The van der Waals surface area contributed by atoms with Crippen LogP contribution in [0.2, 0.25) is 0 Å². The molecule has 2 aromatic rings. The molecule has 0 aliphatic heterocycles. The van der Waals surface area contributed by atoms with Gasteiger partial charge in [0.25, 0.3) is 5.91 Å². The van der Waals surface area contributed by atoms with Crippen molar-refractivity contribution < 1.29 is 61.7 Å². The van der Waals surface area contributed by atoms with Gasteiger partial charge in [0.1, 0.15) is 24.2 Å². The Labute approximate surface area is 373 Å². The zero-order valence-electron chi connectivity index (χ0n) is 38.3. The smallest absolute Gasteiger partial charge is 0.475 e. The molecular weight excluding hydrogens is 842 g/mol. The zero-order chi connectivity index (χ0) is 48.8. The first-order valence-corrected chi connectivity index (χ1v) is 21.3. The number of halogens is 3. The number of aliphatic hydroxyl groups is 1. The standard InChI is InChI=1S/C43H66N6O8.C2HF3O2/c1-10-49(11-2)24-16-15-19-33(39(53)48-36(27-50)42(56)57-9)45-41(55)34(25-28(3)4)46-37(51)29(5)44-40(54)35(26-30-17-13-12-14-18-30)47-38(52)31-20-22-32(23-21-31)43(6,7)8;3-2(4,5)1(6)7/h12-14,17-18,20-23,28-29,33-36,50H,10-11,15-16,19,24-27H2,1-9H3,(H,44,54)(H,45,55)(H,46,51)(H,47,52)(H,48,53);(H,6,7). The molecule has 0 saturated carbocycles. The van der Waals surface area contributed by atoms with Crippen molar-refractivity contribution >= 4 is 41.5 Å². The molecule has 358 valence electrons. The number of methoxy groups -OCH3 is 1. The first kappa shape index (κ1) is 56.5. The lowest BCUT2D eigenvalue weighted by molar-refractivity contribution is -0.192. The molecule has 0 heterocycles. The molecule has 19 heteroatoms. The monoisotopic (exact) mass is 908 g/mol. The fourth-order valence-electron chi connectivity index (χ4n) is 6.16. The summed E-state index contributed by atoms with van der Waals surface area (Å²) in [4.78, 5) is 91.2. The van der Waals surface area contributed by atoms with Gasteiger partial charge in [-0.05, 0) is 86.8 Å². The number of unbranched alkanes of at least 4 members (excludes halogenated alkanes) is 1. The van der Waals surface area contributed by atoms with E-state index in [-0.39, 0.29) is 30.6 Å². The first-order chi connectivity index (χ1) is 29.9. The summed E-state index contributed by atoms with van der Waals surface area (Å²) in [6, 6.07) is 10.8. The normalized spacial score (nSPS) is 13.8. The van der Waals surface area contributed by atoms with Crippen molar-refractivity contribution in [3.8, 4) is 0 Å². The third kappa shape index (κ3) is 20.7. The summed E-state index contributed by atoms with van der Waals surface area (Å²) in [5, 5.41) is 30.3. The van der Waals surface area contributed by atoms with E-state index in [9.17, 15) is 47.0 Å². The molecule has 0 radical (unpaired) electrons. The van der Waals surface area contributed by atoms with Gasteiger partial charge in [-0.2, -0.15) is 13.2 Å². The highest BCUT2D eigenvalue weighted by Gasteiger charge is 2.38. The van der Waals surface area contributed by atoms with Gasteiger partial charge >= 0.3 is 18.1 Å². The summed E-state index contributed by atoms with van der Waals surface area (Å²) in [5.41, 5.74) is 2.14. The van der Waals surface area contributed by atoms with Gasteiger partial charge in [-0.1, -0.05) is 90.9 Å². The van der Waals surface area contributed by atoms with E-state index in [4.69, 9.17) is 9.90 Å². The predicted molar refractivity (Wildman–Crippen MR) is 234 cm³/mol.